The number of rotatable bonds is 6. The number of nitrogens with zero attached hydrogens (tertiary/aromatic N) is 1. The molecule has 1 aromatic rings. The molecule has 1 aromatic carbocycles. The zero-order chi connectivity index (χ0) is 19.0. The Kier molecular flexibility index (Phi) is 5.24. The number of nitrogens with two attached hydrogens (primary N) is 1. The summed E-state index contributed by atoms with van der Waals surface area (Å²) in [5, 5.41) is 2.75. The average molecular weight is 367 g/mol. The van der Waals surface area contributed by atoms with Crippen molar-refractivity contribution >= 4 is 21.8 Å². The topological polar surface area (TPSA) is 110 Å². The van der Waals surface area contributed by atoms with Crippen LogP contribution in [0.5, 0.6) is 0 Å². The van der Waals surface area contributed by atoms with Crippen LogP contribution in [0.15, 0.2) is 23.1 Å². The number of amides is 2. The first kappa shape index (κ1) is 19.4. The van der Waals surface area contributed by atoms with Crippen LogP contribution in [-0.2, 0) is 10.0 Å². The lowest BCUT2D eigenvalue weighted by Crippen LogP contribution is -2.49. The highest BCUT2D eigenvalue weighted by Crippen LogP contribution is 2.32. The van der Waals surface area contributed by atoms with Crippen LogP contribution < -0.4 is 11.1 Å². The van der Waals surface area contributed by atoms with Gasteiger partial charge >= 0.3 is 0 Å². The summed E-state index contributed by atoms with van der Waals surface area (Å²) in [6.45, 7) is 7.45. The molecule has 8 heteroatoms. The van der Waals surface area contributed by atoms with E-state index in [0.29, 0.717) is 19.4 Å². The minimum Gasteiger partial charge on any atom is -0.350 e. The van der Waals surface area contributed by atoms with E-state index >= 15 is 0 Å². The molecule has 1 heterocycles. The number of benzene rings is 1. The highest BCUT2D eigenvalue weighted by Gasteiger charge is 2.42. The van der Waals surface area contributed by atoms with Gasteiger partial charge in [0.05, 0.1) is 5.56 Å². The predicted octanol–water partition coefficient (Wildman–Crippen LogP) is 1.49. The van der Waals surface area contributed by atoms with E-state index in [-0.39, 0.29) is 16.0 Å². The van der Waals surface area contributed by atoms with Crippen LogP contribution in [0, 0.1) is 0 Å². The fourth-order valence-electron chi connectivity index (χ4n) is 2.76. The average Bonchev–Trinajstić information content (AvgIpc) is 2.78. The molecule has 0 atom stereocenters. The largest absolute Gasteiger partial charge is 0.350 e. The van der Waals surface area contributed by atoms with Crippen LogP contribution in [0.25, 0.3) is 0 Å². The predicted molar refractivity (Wildman–Crippen MR) is 94.8 cm³/mol. The van der Waals surface area contributed by atoms with Crippen molar-refractivity contribution in [3.05, 3.63) is 29.3 Å². The Hall–Kier alpha value is -1.93. The van der Waals surface area contributed by atoms with E-state index in [1.54, 1.807) is 13.8 Å². The number of carbonyl (C=O) groups is 2. The SMILES string of the molecule is CCC(N)(CC)CNC(=O)c1ccc2c(c1)S(=O)(=O)N(C(C)C)C2=O. The molecule has 2 amide bonds. The summed E-state index contributed by atoms with van der Waals surface area (Å²) in [7, 11) is -3.92. The van der Waals surface area contributed by atoms with Gasteiger partial charge in [-0.3, -0.25) is 9.59 Å². The van der Waals surface area contributed by atoms with E-state index in [1.165, 1.54) is 18.2 Å². The summed E-state index contributed by atoms with van der Waals surface area (Å²) in [4.78, 5) is 24.5. The minimum absolute atomic E-state index is 0.0977. The van der Waals surface area contributed by atoms with Gasteiger partial charge < -0.3 is 11.1 Å². The summed E-state index contributed by atoms with van der Waals surface area (Å²) in [6, 6.07) is 3.62. The second-order valence-corrected chi connectivity index (χ2v) is 8.45. The highest BCUT2D eigenvalue weighted by molar-refractivity contribution is 7.90. The van der Waals surface area contributed by atoms with Gasteiger partial charge in [-0.2, -0.15) is 0 Å². The van der Waals surface area contributed by atoms with E-state index < -0.39 is 33.4 Å². The number of nitrogens with one attached hydrogen (secondary N) is 1. The maximum Gasteiger partial charge on any atom is 0.269 e. The molecule has 0 fully saturated rings. The lowest BCUT2D eigenvalue weighted by atomic mass is 9.94. The second-order valence-electron chi connectivity index (χ2n) is 6.66. The third-order valence-electron chi connectivity index (χ3n) is 4.69. The Morgan fingerprint density at radius 3 is 2.40 bits per heavy atom. The first-order chi connectivity index (χ1) is 11.6. The monoisotopic (exact) mass is 367 g/mol. The zero-order valence-electron chi connectivity index (χ0n) is 15.0. The van der Waals surface area contributed by atoms with Crippen molar-refractivity contribution in [3.8, 4) is 0 Å². The fourth-order valence-corrected chi connectivity index (χ4v) is 4.55. The molecule has 0 saturated carbocycles. The third kappa shape index (κ3) is 3.41. The summed E-state index contributed by atoms with van der Waals surface area (Å²) < 4.78 is 26.0. The second kappa shape index (κ2) is 6.76. The first-order valence-corrected chi connectivity index (χ1v) is 9.81. The Labute approximate surface area is 148 Å². The van der Waals surface area contributed by atoms with Crippen molar-refractivity contribution in [2.45, 2.75) is 57.0 Å². The number of carbonyl (C=O) groups excluding carboxylic acids is 2. The Bertz CT molecular complexity index is 798. The van der Waals surface area contributed by atoms with Crippen LogP contribution in [0.3, 0.4) is 0 Å². The van der Waals surface area contributed by atoms with Crippen molar-refractivity contribution in [1.29, 1.82) is 0 Å². The number of sulfonamides is 1. The van der Waals surface area contributed by atoms with Crippen molar-refractivity contribution < 1.29 is 18.0 Å². The molecule has 0 bridgehead atoms. The summed E-state index contributed by atoms with van der Waals surface area (Å²) in [5.74, 6) is -0.972. The number of fused-ring (bicyclic) bond motifs is 1. The lowest BCUT2D eigenvalue weighted by molar-refractivity contribution is 0.0845. The van der Waals surface area contributed by atoms with Crippen molar-refractivity contribution in [2.75, 3.05) is 6.54 Å². The maximum absolute atomic E-state index is 12.6. The molecule has 2 rings (SSSR count). The van der Waals surface area contributed by atoms with E-state index in [2.05, 4.69) is 5.32 Å². The van der Waals surface area contributed by atoms with Gasteiger partial charge in [-0.25, -0.2) is 12.7 Å². The molecule has 1 aliphatic rings. The number of hydrogen-bond donors (Lipinski definition) is 2. The van der Waals surface area contributed by atoms with E-state index in [0.717, 1.165) is 4.31 Å². The summed E-state index contributed by atoms with van der Waals surface area (Å²) in [6.07, 6.45) is 1.42. The van der Waals surface area contributed by atoms with Crippen molar-refractivity contribution in [1.82, 2.24) is 9.62 Å². The molecule has 138 valence electrons. The molecular weight excluding hydrogens is 342 g/mol. The fraction of sp³-hybridized carbons (Fsp3) is 0.529. The summed E-state index contributed by atoms with van der Waals surface area (Å²) >= 11 is 0. The first-order valence-electron chi connectivity index (χ1n) is 8.37. The normalized spacial score (nSPS) is 16.2. The van der Waals surface area contributed by atoms with Crippen molar-refractivity contribution in [3.63, 3.8) is 0 Å². The molecule has 0 spiro atoms. The zero-order valence-corrected chi connectivity index (χ0v) is 15.8. The van der Waals surface area contributed by atoms with Gasteiger partial charge in [0.1, 0.15) is 4.90 Å². The molecule has 3 N–H and O–H groups in total. The third-order valence-corrected chi connectivity index (χ3v) is 6.69. The Morgan fingerprint density at radius 1 is 1.28 bits per heavy atom. The molecule has 0 saturated heterocycles. The molecular formula is C17H25N3O4S. The van der Waals surface area contributed by atoms with Crippen LogP contribution >= 0.6 is 0 Å². The van der Waals surface area contributed by atoms with Crippen LogP contribution in [0.4, 0.5) is 0 Å². The molecule has 0 unspecified atom stereocenters. The molecule has 0 aliphatic carbocycles. The maximum atomic E-state index is 12.6. The lowest BCUT2D eigenvalue weighted by Gasteiger charge is -2.26. The molecule has 1 aliphatic heterocycles. The number of hydrogen-bond acceptors (Lipinski definition) is 5. The van der Waals surface area contributed by atoms with Gasteiger partial charge in [0.15, 0.2) is 0 Å². The van der Waals surface area contributed by atoms with Gasteiger partial charge in [-0.15, -0.1) is 0 Å². The van der Waals surface area contributed by atoms with Gasteiger partial charge in [-0.05, 0) is 44.9 Å². The highest BCUT2D eigenvalue weighted by atomic mass is 32.2. The van der Waals surface area contributed by atoms with Gasteiger partial charge in [0.25, 0.3) is 21.8 Å². The van der Waals surface area contributed by atoms with Crippen LogP contribution in [0.1, 0.15) is 61.3 Å². The standard InChI is InChI=1S/C17H25N3O4S/c1-5-17(18,6-2)10-19-15(21)12-7-8-13-14(9-12)25(23,24)20(11(3)4)16(13)22/h7-9,11H,5-6,10,18H2,1-4H3,(H,19,21). The van der Waals surface area contributed by atoms with E-state index in [9.17, 15) is 18.0 Å². The molecule has 0 radical (unpaired) electrons. The Balaban J connectivity index is 2.30. The quantitative estimate of drug-likeness (QED) is 0.791. The Morgan fingerprint density at radius 2 is 1.88 bits per heavy atom. The molecule has 0 aromatic heterocycles. The van der Waals surface area contributed by atoms with Crippen LogP contribution in [0.2, 0.25) is 0 Å². The van der Waals surface area contributed by atoms with E-state index in [1.807, 2.05) is 13.8 Å². The van der Waals surface area contributed by atoms with E-state index in [4.69, 9.17) is 5.73 Å². The van der Waals surface area contributed by atoms with Crippen molar-refractivity contribution in [2.24, 2.45) is 5.73 Å². The van der Waals surface area contributed by atoms with Crippen LogP contribution in [-0.4, -0.2) is 42.7 Å². The van der Waals surface area contributed by atoms with Gasteiger partial charge in [0.2, 0.25) is 0 Å². The van der Waals surface area contributed by atoms with Gasteiger partial charge in [-0.1, -0.05) is 13.8 Å². The smallest absolute Gasteiger partial charge is 0.269 e. The molecule has 25 heavy (non-hydrogen) atoms. The minimum atomic E-state index is -3.92. The summed E-state index contributed by atoms with van der Waals surface area (Å²) in [5.41, 5.74) is 5.95. The molecule has 7 nitrogen and oxygen atoms in total. The van der Waals surface area contributed by atoms with Gasteiger partial charge in [0, 0.05) is 23.7 Å².